The lowest BCUT2D eigenvalue weighted by molar-refractivity contribution is -0.122. The minimum Gasteiger partial charge on any atom is -0.366 e. The number of primary amides is 1. The maximum atomic E-state index is 12.1. The Labute approximate surface area is 151 Å². The number of amides is 3. The van der Waals surface area contributed by atoms with Gasteiger partial charge in [0.25, 0.3) is 5.91 Å². The van der Waals surface area contributed by atoms with Crippen molar-refractivity contribution in [2.45, 2.75) is 25.8 Å². The van der Waals surface area contributed by atoms with E-state index >= 15 is 0 Å². The van der Waals surface area contributed by atoms with Gasteiger partial charge in [-0.05, 0) is 42.7 Å². The Kier molecular flexibility index (Phi) is 5.26. The second-order valence-electron chi connectivity index (χ2n) is 6.30. The smallest absolute Gasteiger partial charge is 0.270 e. The molecule has 0 spiro atoms. The van der Waals surface area contributed by atoms with Gasteiger partial charge in [-0.3, -0.25) is 19.4 Å². The number of nitrogens with two attached hydrogens (primary N) is 1. The molecule has 1 saturated carbocycles. The van der Waals surface area contributed by atoms with Crippen LogP contribution in [0.15, 0.2) is 42.6 Å². The molecule has 0 atom stereocenters. The number of rotatable bonds is 6. The quantitative estimate of drug-likeness (QED) is 0.736. The zero-order chi connectivity index (χ0) is 18.5. The average Bonchev–Trinajstić information content (AvgIpc) is 2.58. The molecule has 2 aromatic rings. The van der Waals surface area contributed by atoms with E-state index in [4.69, 9.17) is 5.73 Å². The Bertz CT molecular complexity index is 829. The molecular weight excluding hydrogens is 332 g/mol. The van der Waals surface area contributed by atoms with Crippen LogP contribution in [0.1, 0.15) is 45.7 Å². The largest absolute Gasteiger partial charge is 0.366 e. The fourth-order valence-electron chi connectivity index (χ4n) is 2.62. The van der Waals surface area contributed by atoms with Crippen molar-refractivity contribution in [3.63, 3.8) is 0 Å². The highest BCUT2D eigenvalue weighted by molar-refractivity contribution is 5.95. The highest BCUT2D eigenvalue weighted by Gasteiger charge is 2.25. The van der Waals surface area contributed by atoms with Gasteiger partial charge in [0.1, 0.15) is 5.69 Å². The van der Waals surface area contributed by atoms with Gasteiger partial charge in [0.15, 0.2) is 0 Å². The normalized spacial score (nSPS) is 13.5. The van der Waals surface area contributed by atoms with Crippen molar-refractivity contribution in [2.24, 2.45) is 11.7 Å². The minimum atomic E-state index is -0.592. The number of aromatic nitrogens is 1. The van der Waals surface area contributed by atoms with E-state index in [0.29, 0.717) is 6.54 Å². The molecule has 0 aliphatic heterocycles. The molecule has 7 heteroatoms. The number of anilines is 1. The lowest BCUT2D eigenvalue weighted by Crippen LogP contribution is -2.28. The summed E-state index contributed by atoms with van der Waals surface area (Å²) in [4.78, 5) is 39.1. The summed E-state index contributed by atoms with van der Waals surface area (Å²) in [6, 6.07) is 10.3. The van der Waals surface area contributed by atoms with Crippen molar-refractivity contribution in [2.75, 3.05) is 5.32 Å². The summed E-state index contributed by atoms with van der Waals surface area (Å²) in [5.41, 5.74) is 7.17. The molecule has 3 rings (SSSR count). The van der Waals surface area contributed by atoms with E-state index < -0.39 is 5.91 Å². The molecule has 0 saturated heterocycles. The molecule has 0 radical (unpaired) electrons. The van der Waals surface area contributed by atoms with Crippen LogP contribution in [0, 0.1) is 5.92 Å². The Morgan fingerprint density at radius 3 is 2.58 bits per heavy atom. The standard InChI is InChI=1S/C19H20N4O3/c20-17(24)14-7-8-16(21-11-14)19(26)22-10-12-3-1-6-15(9-12)23-18(25)13-4-2-5-13/h1,3,6-9,11,13H,2,4-5,10H2,(H2,20,24)(H,22,26)(H,23,25). The fraction of sp³-hybridized carbons (Fsp3) is 0.263. The van der Waals surface area contributed by atoms with E-state index in [0.717, 1.165) is 30.5 Å². The zero-order valence-electron chi connectivity index (χ0n) is 14.2. The molecule has 26 heavy (non-hydrogen) atoms. The zero-order valence-corrected chi connectivity index (χ0v) is 14.2. The molecule has 3 amide bonds. The Balaban J connectivity index is 1.56. The molecule has 0 bridgehead atoms. The van der Waals surface area contributed by atoms with E-state index in [1.807, 2.05) is 24.3 Å². The third-order valence-corrected chi connectivity index (χ3v) is 4.40. The monoisotopic (exact) mass is 352 g/mol. The summed E-state index contributed by atoms with van der Waals surface area (Å²) in [5, 5.41) is 5.67. The first-order valence-corrected chi connectivity index (χ1v) is 8.47. The molecule has 4 N–H and O–H groups in total. The van der Waals surface area contributed by atoms with Crippen molar-refractivity contribution in [1.82, 2.24) is 10.3 Å². The summed E-state index contributed by atoms with van der Waals surface area (Å²) in [6.07, 6.45) is 4.28. The molecule has 1 aliphatic rings. The van der Waals surface area contributed by atoms with Gasteiger partial charge in [0.05, 0.1) is 5.56 Å². The number of benzene rings is 1. The van der Waals surface area contributed by atoms with Crippen molar-refractivity contribution < 1.29 is 14.4 Å². The van der Waals surface area contributed by atoms with Crippen LogP contribution >= 0.6 is 0 Å². The maximum Gasteiger partial charge on any atom is 0.270 e. The van der Waals surface area contributed by atoms with Gasteiger partial charge >= 0.3 is 0 Å². The SMILES string of the molecule is NC(=O)c1ccc(C(=O)NCc2cccc(NC(=O)C3CCC3)c2)nc1. The number of nitrogens with zero attached hydrogens (tertiary/aromatic N) is 1. The first-order chi connectivity index (χ1) is 12.5. The molecular formula is C19H20N4O3. The van der Waals surface area contributed by atoms with Gasteiger partial charge in [-0.15, -0.1) is 0 Å². The topological polar surface area (TPSA) is 114 Å². The molecule has 0 unspecified atom stereocenters. The van der Waals surface area contributed by atoms with E-state index in [1.165, 1.54) is 18.3 Å². The van der Waals surface area contributed by atoms with Gasteiger partial charge in [0.2, 0.25) is 11.8 Å². The van der Waals surface area contributed by atoms with Gasteiger partial charge in [-0.1, -0.05) is 18.6 Å². The van der Waals surface area contributed by atoms with Gasteiger partial charge in [-0.2, -0.15) is 0 Å². The minimum absolute atomic E-state index is 0.0520. The highest BCUT2D eigenvalue weighted by Crippen LogP contribution is 2.27. The first kappa shape index (κ1) is 17.6. The van der Waals surface area contributed by atoms with Crippen LogP contribution < -0.4 is 16.4 Å². The summed E-state index contributed by atoms with van der Waals surface area (Å²) >= 11 is 0. The average molecular weight is 352 g/mol. The van der Waals surface area contributed by atoms with Crippen molar-refractivity contribution in [3.05, 3.63) is 59.4 Å². The van der Waals surface area contributed by atoms with E-state index in [1.54, 1.807) is 0 Å². The summed E-state index contributed by atoms with van der Waals surface area (Å²) in [7, 11) is 0. The number of pyridine rings is 1. The van der Waals surface area contributed by atoms with Crippen LogP contribution in [-0.2, 0) is 11.3 Å². The Morgan fingerprint density at radius 1 is 1.15 bits per heavy atom. The predicted molar refractivity (Wildman–Crippen MR) is 96.3 cm³/mol. The van der Waals surface area contributed by atoms with Crippen LogP contribution in [0.5, 0.6) is 0 Å². The molecule has 1 aromatic carbocycles. The summed E-state index contributed by atoms with van der Waals surface area (Å²) < 4.78 is 0. The number of nitrogens with one attached hydrogen (secondary N) is 2. The summed E-state index contributed by atoms with van der Waals surface area (Å²) in [5.74, 6) is -0.779. The van der Waals surface area contributed by atoms with Crippen LogP contribution in [0.4, 0.5) is 5.69 Å². The molecule has 1 fully saturated rings. The van der Waals surface area contributed by atoms with Crippen LogP contribution in [0.2, 0.25) is 0 Å². The summed E-state index contributed by atoms with van der Waals surface area (Å²) in [6.45, 7) is 0.297. The highest BCUT2D eigenvalue weighted by atomic mass is 16.2. The van der Waals surface area contributed by atoms with E-state index in [-0.39, 0.29) is 29.0 Å². The van der Waals surface area contributed by atoms with Crippen LogP contribution in [0.3, 0.4) is 0 Å². The van der Waals surface area contributed by atoms with Crippen LogP contribution in [-0.4, -0.2) is 22.7 Å². The van der Waals surface area contributed by atoms with Crippen molar-refractivity contribution in [1.29, 1.82) is 0 Å². The first-order valence-electron chi connectivity index (χ1n) is 8.47. The number of carbonyl (C=O) groups excluding carboxylic acids is 3. The maximum absolute atomic E-state index is 12.1. The fourth-order valence-corrected chi connectivity index (χ4v) is 2.62. The molecule has 1 aromatic heterocycles. The van der Waals surface area contributed by atoms with Gasteiger partial charge < -0.3 is 16.4 Å². The van der Waals surface area contributed by atoms with Gasteiger partial charge in [0, 0.05) is 24.3 Å². The molecule has 1 heterocycles. The lowest BCUT2D eigenvalue weighted by Gasteiger charge is -2.24. The van der Waals surface area contributed by atoms with Gasteiger partial charge in [-0.25, -0.2) is 0 Å². The molecule has 134 valence electrons. The van der Waals surface area contributed by atoms with Crippen molar-refractivity contribution >= 4 is 23.4 Å². The van der Waals surface area contributed by atoms with Crippen molar-refractivity contribution in [3.8, 4) is 0 Å². The molecule has 1 aliphatic carbocycles. The van der Waals surface area contributed by atoms with E-state index in [2.05, 4.69) is 15.6 Å². The number of hydrogen-bond donors (Lipinski definition) is 3. The second-order valence-corrected chi connectivity index (χ2v) is 6.30. The Hall–Kier alpha value is -3.22. The number of hydrogen-bond acceptors (Lipinski definition) is 4. The lowest BCUT2D eigenvalue weighted by atomic mass is 9.85. The second kappa shape index (κ2) is 7.77. The Morgan fingerprint density at radius 2 is 1.96 bits per heavy atom. The number of carbonyl (C=O) groups is 3. The van der Waals surface area contributed by atoms with E-state index in [9.17, 15) is 14.4 Å². The third kappa shape index (κ3) is 4.24. The third-order valence-electron chi connectivity index (χ3n) is 4.40. The molecule has 7 nitrogen and oxygen atoms in total. The van der Waals surface area contributed by atoms with Crippen LogP contribution in [0.25, 0.3) is 0 Å². The predicted octanol–water partition coefficient (Wildman–Crippen LogP) is 1.85.